The molecule has 0 amide bonds. The summed E-state index contributed by atoms with van der Waals surface area (Å²) in [6, 6.07) is 0. The number of hydrogen-bond donors (Lipinski definition) is 1. The third-order valence-electron chi connectivity index (χ3n) is 1.26. The van der Waals surface area contributed by atoms with Gasteiger partial charge >= 0.3 is 58.4 Å². The summed E-state index contributed by atoms with van der Waals surface area (Å²) in [5.74, 6) is 0. The molecule has 0 aromatic rings. The van der Waals surface area contributed by atoms with E-state index in [1.54, 1.807) is 0 Å². The first kappa shape index (κ1) is 11.2. The van der Waals surface area contributed by atoms with Crippen molar-refractivity contribution in [3.05, 3.63) is 11.5 Å². The zero-order valence-corrected chi connectivity index (χ0v) is 8.83. The maximum Gasteiger partial charge on any atom is 1.00 e. The van der Waals surface area contributed by atoms with Crippen LogP contribution >= 0.6 is 0 Å². The smallest absolute Gasteiger partial charge is 0.445 e. The molecule has 10 heavy (non-hydrogen) atoms. The van der Waals surface area contributed by atoms with Crippen molar-refractivity contribution >= 4 is 6.98 Å². The monoisotopic (exact) mass is 175 g/mol. The predicted molar refractivity (Wildman–Crippen MR) is 30.0 cm³/mol. The molecule has 1 aliphatic heterocycles. The first-order chi connectivity index (χ1) is 4.11. The molecule has 0 fully saturated rings. The summed E-state index contributed by atoms with van der Waals surface area (Å²) >= 11 is 0. The topological polar surface area (TPSA) is 12.0 Å². The van der Waals surface area contributed by atoms with Gasteiger partial charge < -0.3 is 18.3 Å². The zero-order valence-electron chi connectivity index (χ0n) is 5.70. The fraction of sp³-hybridized carbons (Fsp3) is 0.500. The van der Waals surface area contributed by atoms with Gasteiger partial charge in [0.2, 0.25) is 0 Å². The Hall–Kier alpha value is 1.19. The minimum absolute atomic E-state index is 0. The van der Waals surface area contributed by atoms with Crippen molar-refractivity contribution in [2.24, 2.45) is 0 Å². The minimum Gasteiger partial charge on any atom is -0.445 e. The van der Waals surface area contributed by atoms with Crippen LogP contribution < -0.4 is 56.7 Å². The molecule has 0 bridgehead atoms. The van der Waals surface area contributed by atoms with E-state index < -0.39 is 12.4 Å². The normalized spacial score (nSPS) is 18.1. The molecule has 6 heteroatoms. The van der Waals surface area contributed by atoms with Gasteiger partial charge in [0.25, 0.3) is 0 Å². The third kappa shape index (κ3) is 3.06. The van der Waals surface area contributed by atoms with Crippen LogP contribution in [0.25, 0.3) is 0 Å². The molecule has 0 aromatic heterocycles. The van der Waals surface area contributed by atoms with Crippen molar-refractivity contribution < 1.29 is 64.3 Å². The molecule has 0 aromatic carbocycles. The van der Waals surface area contributed by atoms with Crippen molar-refractivity contribution in [2.75, 3.05) is 13.1 Å². The fourth-order valence-corrected chi connectivity index (χ4v) is 0.741. The molecule has 1 rings (SSSR count). The average Bonchev–Trinajstić information content (AvgIpc) is 2.08. The zero-order chi connectivity index (χ0) is 6.91. The van der Waals surface area contributed by atoms with Crippen LogP contribution in [0.3, 0.4) is 0 Å². The van der Waals surface area contributed by atoms with Crippen LogP contribution in [0.5, 0.6) is 0 Å². The third-order valence-corrected chi connectivity index (χ3v) is 1.26. The number of hydrogen-bond acceptors (Lipinski definition) is 1. The molecule has 0 spiro atoms. The van der Waals surface area contributed by atoms with Crippen LogP contribution in [-0.4, -0.2) is 20.1 Å². The summed E-state index contributed by atoms with van der Waals surface area (Å²) in [5, 5.41) is 2.58. The van der Waals surface area contributed by atoms with E-state index in [2.05, 4.69) is 5.32 Å². The Balaban J connectivity index is 0.000000810. The quantitative estimate of drug-likeness (QED) is 0.450. The first-order valence-electron chi connectivity index (χ1n) is 2.70. The molecule has 0 radical (unpaired) electrons. The van der Waals surface area contributed by atoms with Crippen molar-refractivity contribution in [3.8, 4) is 0 Å². The van der Waals surface area contributed by atoms with E-state index in [1.165, 1.54) is 6.08 Å². The van der Waals surface area contributed by atoms with E-state index in [0.29, 0.717) is 6.54 Å². The van der Waals surface area contributed by atoms with E-state index in [9.17, 15) is 12.9 Å². The molecule has 1 aliphatic rings. The molecule has 52 valence electrons. The number of halogens is 3. The van der Waals surface area contributed by atoms with Gasteiger partial charge in [-0.15, -0.1) is 11.5 Å². The Morgan fingerprint density at radius 3 is 2.20 bits per heavy atom. The maximum atomic E-state index is 11.7. The molecule has 0 unspecified atom stereocenters. The van der Waals surface area contributed by atoms with Crippen LogP contribution in [0.2, 0.25) is 0 Å². The second-order valence-electron chi connectivity index (χ2n) is 1.98. The van der Waals surface area contributed by atoms with Gasteiger partial charge in [0.15, 0.2) is 0 Å². The van der Waals surface area contributed by atoms with Crippen molar-refractivity contribution in [3.63, 3.8) is 0 Å². The van der Waals surface area contributed by atoms with Gasteiger partial charge in [-0.1, -0.05) is 0 Å². The first-order valence-corrected chi connectivity index (χ1v) is 2.70. The number of rotatable bonds is 1. The Labute approximate surface area is 99.9 Å². The van der Waals surface area contributed by atoms with Gasteiger partial charge in [0.1, 0.15) is 0 Å². The Morgan fingerprint density at radius 2 is 2.00 bits per heavy atom. The molecule has 0 saturated heterocycles. The average molecular weight is 175 g/mol. The van der Waals surface area contributed by atoms with E-state index in [4.69, 9.17) is 0 Å². The van der Waals surface area contributed by atoms with Gasteiger partial charge in [-0.3, -0.25) is 0 Å². The molecule has 0 aliphatic carbocycles. The molecule has 1 nitrogen and oxygen atoms in total. The second kappa shape index (κ2) is 4.28. The molecule has 1 heterocycles. The fourth-order valence-electron chi connectivity index (χ4n) is 0.741. The van der Waals surface area contributed by atoms with Crippen LogP contribution in [0, 0.1) is 0 Å². The summed E-state index contributed by atoms with van der Waals surface area (Å²) in [7, 11) is 0. The summed E-state index contributed by atoms with van der Waals surface area (Å²) in [6.45, 7) is -4.36. The van der Waals surface area contributed by atoms with E-state index in [-0.39, 0.29) is 57.9 Å². The van der Waals surface area contributed by atoms with E-state index in [1.807, 2.05) is 0 Å². The minimum atomic E-state index is -4.71. The van der Waals surface area contributed by atoms with Crippen molar-refractivity contribution in [2.45, 2.75) is 0 Å². The molecular weight excluding hydrogens is 169 g/mol. The van der Waals surface area contributed by atoms with Crippen LogP contribution in [0.4, 0.5) is 12.9 Å². The summed E-state index contributed by atoms with van der Waals surface area (Å²) in [5.41, 5.74) is -0.394. The number of nitrogens with one attached hydrogen (secondary N) is 1. The largest absolute Gasteiger partial charge is 1.00 e. The van der Waals surface area contributed by atoms with Crippen LogP contribution in [0.1, 0.15) is 0 Å². The Morgan fingerprint density at radius 1 is 1.40 bits per heavy atom. The van der Waals surface area contributed by atoms with Crippen LogP contribution in [0.15, 0.2) is 11.5 Å². The van der Waals surface area contributed by atoms with Crippen molar-refractivity contribution in [1.29, 1.82) is 0 Å². The Kier molecular flexibility index (Phi) is 4.78. The molecule has 1 N–H and O–H groups in total. The van der Waals surface area contributed by atoms with Gasteiger partial charge in [0, 0.05) is 6.54 Å². The van der Waals surface area contributed by atoms with Crippen LogP contribution in [-0.2, 0) is 0 Å². The summed E-state index contributed by atoms with van der Waals surface area (Å²) in [4.78, 5) is 0. The molecular formula is C4H6BF3KN. The van der Waals surface area contributed by atoms with E-state index in [0.717, 1.165) is 0 Å². The summed E-state index contributed by atoms with van der Waals surface area (Å²) in [6.07, 6.45) is 1.19. The van der Waals surface area contributed by atoms with Gasteiger partial charge in [-0.2, -0.15) is 0 Å². The van der Waals surface area contributed by atoms with Gasteiger partial charge in [0.05, 0.1) is 0 Å². The van der Waals surface area contributed by atoms with Gasteiger partial charge in [-0.05, 0) is 6.54 Å². The maximum absolute atomic E-state index is 11.7. The SMILES string of the molecule is F[B-](F)(F)C1=CCNC1.[K+]. The van der Waals surface area contributed by atoms with E-state index >= 15 is 0 Å². The molecule has 0 atom stereocenters. The Bertz CT molecular complexity index is 144. The summed E-state index contributed by atoms with van der Waals surface area (Å²) < 4.78 is 35.1. The predicted octanol–water partition coefficient (Wildman–Crippen LogP) is -2.09. The standard InChI is InChI=1S/C4H6BF3N.K/c6-5(7,8)4-1-2-9-3-4;/h1,9H,2-3H2;/q-1;+1. The van der Waals surface area contributed by atoms with Crippen molar-refractivity contribution in [1.82, 2.24) is 5.32 Å². The second-order valence-corrected chi connectivity index (χ2v) is 1.98. The molecule has 0 saturated carbocycles. The van der Waals surface area contributed by atoms with Gasteiger partial charge in [-0.25, -0.2) is 0 Å².